The van der Waals surface area contributed by atoms with Crippen LogP contribution in [0.25, 0.3) is 0 Å². The first-order chi connectivity index (χ1) is 9.93. The minimum absolute atomic E-state index is 0.00887. The molecule has 1 N–H and O–H groups in total. The highest BCUT2D eigenvalue weighted by molar-refractivity contribution is 9.10. The Morgan fingerprint density at radius 3 is 2.71 bits per heavy atom. The molecule has 0 atom stereocenters. The van der Waals surface area contributed by atoms with Gasteiger partial charge in [-0.1, -0.05) is 15.9 Å². The molecule has 1 heterocycles. The third kappa shape index (κ3) is 3.01. The minimum Gasteiger partial charge on any atom is -0.478 e. The van der Waals surface area contributed by atoms with Crippen molar-refractivity contribution in [2.75, 3.05) is 0 Å². The number of carbonyl (C=O) groups is 1. The van der Waals surface area contributed by atoms with Crippen molar-refractivity contribution in [3.63, 3.8) is 0 Å². The number of carboxylic acids is 1. The average molecular weight is 348 g/mol. The maximum atomic E-state index is 11.2. The molecule has 2 aromatic rings. The molecular weight excluding hydrogens is 338 g/mol. The second kappa shape index (κ2) is 5.89. The molecule has 0 spiro atoms. The van der Waals surface area contributed by atoms with Crippen LogP contribution in [0, 0.1) is 25.2 Å². The van der Waals surface area contributed by atoms with Crippen LogP contribution in [-0.4, -0.2) is 21.3 Å². The van der Waals surface area contributed by atoms with Crippen molar-refractivity contribution in [3.8, 4) is 17.7 Å². The van der Waals surface area contributed by atoms with E-state index in [2.05, 4.69) is 26.1 Å². The van der Waals surface area contributed by atoms with Gasteiger partial charge in [0.05, 0.1) is 5.69 Å². The van der Waals surface area contributed by atoms with E-state index in [1.54, 1.807) is 19.9 Å². The number of nitriles is 1. The van der Waals surface area contributed by atoms with Gasteiger partial charge in [-0.15, -0.1) is 5.10 Å². The fourth-order valence-corrected chi connectivity index (χ4v) is 2.01. The Bertz CT molecular complexity index is 769. The third-order valence-corrected chi connectivity index (χ3v) is 3.41. The van der Waals surface area contributed by atoms with Gasteiger partial charge in [0.25, 0.3) is 5.88 Å². The standard InChI is InChI=1S/C14H10BrN3O3/c1-7-8(2)17-18-13(11(7)6-16)21-12-4-3-9(15)5-10(12)14(19)20/h3-5H,1-2H3,(H,19,20). The lowest BCUT2D eigenvalue weighted by Crippen LogP contribution is -2.04. The van der Waals surface area contributed by atoms with Gasteiger partial charge in [0.15, 0.2) is 0 Å². The number of nitrogens with zero attached hydrogens (tertiary/aromatic N) is 3. The van der Waals surface area contributed by atoms with Gasteiger partial charge < -0.3 is 9.84 Å². The Labute approximate surface area is 129 Å². The van der Waals surface area contributed by atoms with Crippen LogP contribution in [0.5, 0.6) is 11.6 Å². The zero-order valence-corrected chi connectivity index (χ0v) is 12.8. The molecule has 0 saturated heterocycles. The molecule has 0 aliphatic heterocycles. The van der Waals surface area contributed by atoms with Gasteiger partial charge in [0.2, 0.25) is 0 Å². The first-order valence-corrected chi connectivity index (χ1v) is 6.68. The number of hydrogen-bond donors (Lipinski definition) is 1. The van der Waals surface area contributed by atoms with E-state index in [0.717, 1.165) is 0 Å². The first kappa shape index (κ1) is 14.9. The summed E-state index contributed by atoms with van der Waals surface area (Å²) >= 11 is 3.20. The van der Waals surface area contributed by atoms with E-state index in [9.17, 15) is 15.2 Å². The fraction of sp³-hybridized carbons (Fsp3) is 0.143. The molecule has 0 fully saturated rings. The van der Waals surface area contributed by atoms with Gasteiger partial charge in [-0.2, -0.15) is 10.4 Å². The summed E-state index contributed by atoms with van der Waals surface area (Å²) in [5.74, 6) is -1.05. The minimum atomic E-state index is -1.14. The highest BCUT2D eigenvalue weighted by Crippen LogP contribution is 2.29. The van der Waals surface area contributed by atoms with E-state index in [-0.39, 0.29) is 22.8 Å². The molecule has 0 unspecified atom stereocenters. The van der Waals surface area contributed by atoms with Crippen molar-refractivity contribution in [3.05, 3.63) is 45.1 Å². The van der Waals surface area contributed by atoms with E-state index in [1.807, 2.05) is 6.07 Å². The number of halogens is 1. The number of aryl methyl sites for hydroxylation is 1. The van der Waals surface area contributed by atoms with Crippen LogP contribution < -0.4 is 4.74 Å². The number of carboxylic acid groups (broad SMARTS) is 1. The largest absolute Gasteiger partial charge is 0.478 e. The highest BCUT2D eigenvalue weighted by atomic mass is 79.9. The summed E-state index contributed by atoms with van der Waals surface area (Å²) in [6, 6.07) is 6.55. The van der Waals surface area contributed by atoms with Crippen molar-refractivity contribution < 1.29 is 14.6 Å². The highest BCUT2D eigenvalue weighted by Gasteiger charge is 2.17. The Balaban J connectivity index is 2.52. The SMILES string of the molecule is Cc1nnc(Oc2ccc(Br)cc2C(=O)O)c(C#N)c1C. The summed E-state index contributed by atoms with van der Waals surface area (Å²) in [4.78, 5) is 11.2. The first-order valence-electron chi connectivity index (χ1n) is 5.88. The number of aromatic carboxylic acids is 1. The van der Waals surface area contributed by atoms with E-state index in [0.29, 0.717) is 15.7 Å². The molecule has 1 aromatic carbocycles. The zero-order chi connectivity index (χ0) is 15.6. The number of rotatable bonds is 3. The molecule has 0 aliphatic rings. The maximum Gasteiger partial charge on any atom is 0.339 e. The smallest absolute Gasteiger partial charge is 0.339 e. The van der Waals surface area contributed by atoms with Crippen LogP contribution >= 0.6 is 15.9 Å². The lowest BCUT2D eigenvalue weighted by atomic mass is 10.1. The van der Waals surface area contributed by atoms with E-state index >= 15 is 0 Å². The Kier molecular flexibility index (Phi) is 4.19. The predicted octanol–water partition coefficient (Wildman–Crippen LogP) is 3.22. The van der Waals surface area contributed by atoms with Gasteiger partial charge in [-0.25, -0.2) is 4.79 Å². The molecule has 106 valence electrons. The monoisotopic (exact) mass is 347 g/mol. The van der Waals surface area contributed by atoms with Crippen LogP contribution in [0.2, 0.25) is 0 Å². The number of ether oxygens (including phenoxy) is 1. The second-order valence-electron chi connectivity index (χ2n) is 4.25. The molecule has 21 heavy (non-hydrogen) atoms. The van der Waals surface area contributed by atoms with Crippen LogP contribution in [0.1, 0.15) is 27.2 Å². The number of benzene rings is 1. The third-order valence-electron chi connectivity index (χ3n) is 2.91. The molecule has 7 heteroatoms. The normalized spacial score (nSPS) is 10.0. The Morgan fingerprint density at radius 1 is 1.38 bits per heavy atom. The molecule has 0 bridgehead atoms. The van der Waals surface area contributed by atoms with Gasteiger partial charge in [0, 0.05) is 4.47 Å². The zero-order valence-electron chi connectivity index (χ0n) is 11.2. The lowest BCUT2D eigenvalue weighted by molar-refractivity contribution is 0.0694. The number of hydrogen-bond acceptors (Lipinski definition) is 5. The summed E-state index contributed by atoms with van der Waals surface area (Å²) in [5, 5.41) is 26.1. The van der Waals surface area contributed by atoms with Crippen LogP contribution in [0.3, 0.4) is 0 Å². The van der Waals surface area contributed by atoms with E-state index in [1.165, 1.54) is 12.1 Å². The molecule has 2 rings (SSSR count). The summed E-state index contributed by atoms with van der Waals surface area (Å²) < 4.78 is 6.10. The van der Waals surface area contributed by atoms with E-state index in [4.69, 9.17) is 4.74 Å². The molecule has 1 aromatic heterocycles. The average Bonchev–Trinajstić information content (AvgIpc) is 2.45. The quantitative estimate of drug-likeness (QED) is 0.915. The van der Waals surface area contributed by atoms with Crippen molar-refractivity contribution in [1.29, 1.82) is 5.26 Å². The summed E-state index contributed by atoms with van der Waals surface area (Å²) in [5.41, 5.74) is 1.47. The van der Waals surface area contributed by atoms with Gasteiger partial charge in [-0.05, 0) is 37.6 Å². The lowest BCUT2D eigenvalue weighted by Gasteiger charge is -2.10. The van der Waals surface area contributed by atoms with Gasteiger partial charge in [0.1, 0.15) is 22.9 Å². The molecule has 0 amide bonds. The van der Waals surface area contributed by atoms with Crippen LogP contribution in [0.15, 0.2) is 22.7 Å². The predicted molar refractivity (Wildman–Crippen MR) is 77.4 cm³/mol. The molecular formula is C14H10BrN3O3. The van der Waals surface area contributed by atoms with Crippen molar-refractivity contribution in [2.24, 2.45) is 0 Å². The number of aromatic nitrogens is 2. The Hall–Kier alpha value is -2.46. The molecule has 6 nitrogen and oxygen atoms in total. The van der Waals surface area contributed by atoms with Gasteiger partial charge >= 0.3 is 5.97 Å². The molecule has 0 aliphatic carbocycles. The Morgan fingerprint density at radius 2 is 2.10 bits per heavy atom. The summed E-state index contributed by atoms with van der Waals surface area (Å²) in [6.07, 6.45) is 0. The maximum absolute atomic E-state index is 11.2. The molecule has 0 saturated carbocycles. The molecule has 0 radical (unpaired) electrons. The van der Waals surface area contributed by atoms with Crippen molar-refractivity contribution in [2.45, 2.75) is 13.8 Å². The topological polar surface area (TPSA) is 96.1 Å². The van der Waals surface area contributed by atoms with E-state index < -0.39 is 5.97 Å². The van der Waals surface area contributed by atoms with Crippen molar-refractivity contribution >= 4 is 21.9 Å². The van der Waals surface area contributed by atoms with Crippen molar-refractivity contribution in [1.82, 2.24) is 10.2 Å². The van der Waals surface area contributed by atoms with Crippen LogP contribution in [0.4, 0.5) is 0 Å². The second-order valence-corrected chi connectivity index (χ2v) is 5.17. The summed E-state index contributed by atoms with van der Waals surface area (Å²) in [6.45, 7) is 3.46. The fourth-order valence-electron chi connectivity index (χ4n) is 1.65. The van der Waals surface area contributed by atoms with Gasteiger partial charge in [-0.3, -0.25) is 0 Å². The van der Waals surface area contributed by atoms with Crippen LogP contribution in [-0.2, 0) is 0 Å². The summed E-state index contributed by atoms with van der Waals surface area (Å²) in [7, 11) is 0.